The molecule has 1 aliphatic rings. The SMILES string of the molecule is CCCn1c(C)cc(/C=C(/C#N)C(=O)NC2CCCCC2O)c1C. The Labute approximate surface area is 144 Å². The first-order valence-corrected chi connectivity index (χ1v) is 8.75. The zero-order chi connectivity index (χ0) is 17.7. The van der Waals surface area contributed by atoms with Crippen LogP contribution in [0.3, 0.4) is 0 Å². The minimum absolute atomic E-state index is 0.0875. The molecule has 2 N–H and O–H groups in total. The van der Waals surface area contributed by atoms with Gasteiger partial charge in [-0.1, -0.05) is 19.8 Å². The van der Waals surface area contributed by atoms with Gasteiger partial charge < -0.3 is 15.0 Å². The van der Waals surface area contributed by atoms with Crippen molar-refractivity contribution in [3.8, 4) is 6.07 Å². The molecule has 1 heterocycles. The van der Waals surface area contributed by atoms with Crippen molar-refractivity contribution >= 4 is 12.0 Å². The number of aliphatic hydroxyl groups excluding tert-OH is 1. The molecule has 0 radical (unpaired) electrons. The van der Waals surface area contributed by atoms with Crippen molar-refractivity contribution in [2.24, 2.45) is 0 Å². The molecule has 0 spiro atoms. The van der Waals surface area contributed by atoms with Crippen LogP contribution in [0.25, 0.3) is 6.08 Å². The van der Waals surface area contributed by atoms with Crippen LogP contribution in [0.4, 0.5) is 0 Å². The lowest BCUT2D eigenvalue weighted by Gasteiger charge is -2.28. The van der Waals surface area contributed by atoms with Gasteiger partial charge in [0.05, 0.1) is 12.1 Å². The van der Waals surface area contributed by atoms with Crippen molar-refractivity contribution < 1.29 is 9.90 Å². The fourth-order valence-electron chi connectivity index (χ4n) is 3.37. The molecule has 0 aliphatic heterocycles. The molecule has 0 aromatic carbocycles. The Balaban J connectivity index is 2.18. The molecule has 1 aliphatic carbocycles. The van der Waals surface area contributed by atoms with Crippen molar-refractivity contribution in [1.29, 1.82) is 5.26 Å². The van der Waals surface area contributed by atoms with Gasteiger partial charge in [-0.15, -0.1) is 0 Å². The molecule has 24 heavy (non-hydrogen) atoms. The summed E-state index contributed by atoms with van der Waals surface area (Å²) in [6, 6.07) is 3.75. The van der Waals surface area contributed by atoms with Crippen LogP contribution >= 0.6 is 0 Å². The third kappa shape index (κ3) is 4.07. The minimum Gasteiger partial charge on any atom is -0.391 e. The summed E-state index contributed by atoms with van der Waals surface area (Å²) >= 11 is 0. The standard InChI is InChI=1S/C19H27N3O2/c1-4-9-22-13(2)10-15(14(22)3)11-16(12-20)19(24)21-17-7-5-6-8-18(17)23/h10-11,17-18,23H,4-9H2,1-3H3,(H,21,24)/b16-11-. The van der Waals surface area contributed by atoms with E-state index in [1.54, 1.807) is 6.08 Å². The Hall–Kier alpha value is -2.06. The highest BCUT2D eigenvalue weighted by Gasteiger charge is 2.25. The summed E-state index contributed by atoms with van der Waals surface area (Å²) < 4.78 is 2.20. The first-order chi connectivity index (χ1) is 11.5. The van der Waals surface area contributed by atoms with Crippen molar-refractivity contribution in [2.45, 2.75) is 71.6 Å². The molecular formula is C19H27N3O2. The van der Waals surface area contributed by atoms with E-state index in [0.29, 0.717) is 6.42 Å². The number of nitriles is 1. The topological polar surface area (TPSA) is 78.0 Å². The highest BCUT2D eigenvalue weighted by Crippen LogP contribution is 2.21. The molecule has 2 unspecified atom stereocenters. The molecule has 1 fully saturated rings. The Bertz CT molecular complexity index is 667. The van der Waals surface area contributed by atoms with E-state index < -0.39 is 12.0 Å². The largest absolute Gasteiger partial charge is 0.391 e. The maximum absolute atomic E-state index is 12.4. The number of nitrogens with one attached hydrogen (secondary N) is 1. The van der Waals surface area contributed by atoms with Crippen LogP contribution in [0.5, 0.6) is 0 Å². The van der Waals surface area contributed by atoms with Crippen LogP contribution in [-0.2, 0) is 11.3 Å². The molecular weight excluding hydrogens is 302 g/mol. The predicted molar refractivity (Wildman–Crippen MR) is 94.2 cm³/mol. The summed E-state index contributed by atoms with van der Waals surface area (Å²) in [6.45, 7) is 7.09. The Morgan fingerprint density at radius 3 is 2.79 bits per heavy atom. The van der Waals surface area contributed by atoms with E-state index in [4.69, 9.17) is 0 Å². The van der Waals surface area contributed by atoms with Gasteiger partial charge in [-0.2, -0.15) is 5.26 Å². The van der Waals surface area contributed by atoms with Gasteiger partial charge in [0, 0.05) is 17.9 Å². The fraction of sp³-hybridized carbons (Fsp3) is 0.579. The summed E-state index contributed by atoms with van der Waals surface area (Å²) in [5.41, 5.74) is 3.18. The molecule has 1 saturated carbocycles. The maximum atomic E-state index is 12.4. The lowest BCUT2D eigenvalue weighted by molar-refractivity contribution is -0.118. The van der Waals surface area contributed by atoms with Gasteiger partial charge in [-0.25, -0.2) is 0 Å². The van der Waals surface area contributed by atoms with E-state index in [1.807, 2.05) is 26.0 Å². The quantitative estimate of drug-likeness (QED) is 0.644. The molecule has 5 nitrogen and oxygen atoms in total. The second kappa shape index (κ2) is 8.16. The molecule has 0 bridgehead atoms. The van der Waals surface area contributed by atoms with E-state index in [2.05, 4.69) is 16.8 Å². The van der Waals surface area contributed by atoms with Gasteiger partial charge in [0.1, 0.15) is 11.6 Å². The third-order valence-corrected chi connectivity index (χ3v) is 4.77. The van der Waals surface area contributed by atoms with E-state index in [1.165, 1.54) is 0 Å². The van der Waals surface area contributed by atoms with Crippen molar-refractivity contribution in [1.82, 2.24) is 9.88 Å². The van der Waals surface area contributed by atoms with Gasteiger partial charge in [0.2, 0.25) is 0 Å². The number of hydrogen-bond donors (Lipinski definition) is 2. The third-order valence-electron chi connectivity index (χ3n) is 4.77. The maximum Gasteiger partial charge on any atom is 0.262 e. The number of nitrogens with zero attached hydrogens (tertiary/aromatic N) is 2. The number of aromatic nitrogens is 1. The molecule has 1 aromatic rings. The highest BCUT2D eigenvalue weighted by atomic mass is 16.3. The first kappa shape index (κ1) is 18.3. The van der Waals surface area contributed by atoms with Crippen LogP contribution in [-0.4, -0.2) is 27.7 Å². The van der Waals surface area contributed by atoms with Gasteiger partial charge in [0.25, 0.3) is 5.91 Å². The van der Waals surface area contributed by atoms with Crippen LogP contribution in [0, 0.1) is 25.2 Å². The summed E-state index contributed by atoms with van der Waals surface area (Å²) in [4.78, 5) is 12.4. The molecule has 1 amide bonds. The number of carbonyl (C=O) groups is 1. The number of rotatable bonds is 5. The van der Waals surface area contributed by atoms with Gasteiger partial charge in [0.15, 0.2) is 0 Å². The normalized spacial score (nSPS) is 21.4. The fourth-order valence-corrected chi connectivity index (χ4v) is 3.37. The Morgan fingerprint density at radius 1 is 1.46 bits per heavy atom. The Morgan fingerprint density at radius 2 is 2.17 bits per heavy atom. The zero-order valence-electron chi connectivity index (χ0n) is 14.8. The van der Waals surface area contributed by atoms with Gasteiger partial charge in [-0.3, -0.25) is 4.79 Å². The lowest BCUT2D eigenvalue weighted by Crippen LogP contribution is -2.45. The monoisotopic (exact) mass is 329 g/mol. The summed E-state index contributed by atoms with van der Waals surface area (Å²) in [6.07, 6.45) is 5.61. The molecule has 1 aromatic heterocycles. The highest BCUT2D eigenvalue weighted by molar-refractivity contribution is 6.02. The number of amides is 1. The van der Waals surface area contributed by atoms with Crippen molar-refractivity contribution in [3.05, 3.63) is 28.6 Å². The Kier molecular flexibility index (Phi) is 6.22. The molecule has 5 heteroatoms. The average molecular weight is 329 g/mol. The first-order valence-electron chi connectivity index (χ1n) is 8.75. The summed E-state index contributed by atoms with van der Waals surface area (Å²) in [5.74, 6) is -0.399. The van der Waals surface area contributed by atoms with Gasteiger partial charge in [-0.05, 0) is 50.8 Å². The number of aryl methyl sites for hydroxylation is 1. The van der Waals surface area contributed by atoms with Gasteiger partial charge >= 0.3 is 0 Å². The number of hydrogen-bond acceptors (Lipinski definition) is 3. The summed E-state index contributed by atoms with van der Waals surface area (Å²) in [7, 11) is 0. The zero-order valence-corrected chi connectivity index (χ0v) is 14.8. The summed E-state index contributed by atoms with van der Waals surface area (Å²) in [5, 5.41) is 22.2. The molecule has 0 saturated heterocycles. The average Bonchev–Trinajstić information content (AvgIpc) is 2.82. The van der Waals surface area contributed by atoms with Crippen LogP contribution < -0.4 is 5.32 Å². The second-order valence-corrected chi connectivity index (χ2v) is 6.58. The molecule has 130 valence electrons. The van der Waals surface area contributed by atoms with Crippen LogP contribution in [0.1, 0.15) is 56.0 Å². The van der Waals surface area contributed by atoms with Crippen molar-refractivity contribution in [2.75, 3.05) is 0 Å². The lowest BCUT2D eigenvalue weighted by atomic mass is 9.92. The number of aliphatic hydroxyl groups is 1. The van der Waals surface area contributed by atoms with E-state index in [-0.39, 0.29) is 11.6 Å². The van der Waals surface area contributed by atoms with E-state index in [0.717, 1.165) is 49.2 Å². The number of carbonyl (C=O) groups excluding carboxylic acids is 1. The van der Waals surface area contributed by atoms with Crippen LogP contribution in [0.15, 0.2) is 11.6 Å². The second-order valence-electron chi connectivity index (χ2n) is 6.58. The smallest absolute Gasteiger partial charge is 0.262 e. The van der Waals surface area contributed by atoms with E-state index >= 15 is 0 Å². The molecule has 2 rings (SSSR count). The minimum atomic E-state index is -0.516. The predicted octanol–water partition coefficient (Wildman–Crippen LogP) is 2.84. The molecule has 2 atom stereocenters. The van der Waals surface area contributed by atoms with E-state index in [9.17, 15) is 15.2 Å². The van der Waals surface area contributed by atoms with Crippen molar-refractivity contribution in [3.63, 3.8) is 0 Å². The van der Waals surface area contributed by atoms with Crippen LogP contribution in [0.2, 0.25) is 0 Å².